The van der Waals surface area contributed by atoms with E-state index in [1.807, 2.05) is 0 Å². The van der Waals surface area contributed by atoms with Crippen LogP contribution in [0.25, 0.3) is 10.9 Å². The summed E-state index contributed by atoms with van der Waals surface area (Å²) in [6.45, 7) is 1.80. The number of Topliss-reactive ketones (excluding diaryl/α,β-unsaturated/α-hetero) is 1. The van der Waals surface area contributed by atoms with E-state index < -0.39 is 4.92 Å². The number of aromatic nitrogens is 1. The second-order valence-electron chi connectivity index (χ2n) is 3.97. The average molecular weight is 244 g/mol. The first-order valence-electron chi connectivity index (χ1n) is 5.66. The van der Waals surface area contributed by atoms with Gasteiger partial charge in [0.25, 0.3) is 5.69 Å². The summed E-state index contributed by atoms with van der Waals surface area (Å²) >= 11 is 0. The van der Waals surface area contributed by atoms with Gasteiger partial charge in [0.05, 0.1) is 4.92 Å². The zero-order valence-electron chi connectivity index (χ0n) is 9.92. The Bertz CT molecular complexity index is 623. The fraction of sp³-hybridized carbons (Fsp3) is 0.231. The number of carbonyl (C=O) groups is 1. The van der Waals surface area contributed by atoms with Gasteiger partial charge in [0, 0.05) is 30.5 Å². The summed E-state index contributed by atoms with van der Waals surface area (Å²) in [5.74, 6) is 0.106. The molecule has 0 saturated carbocycles. The van der Waals surface area contributed by atoms with Crippen LogP contribution in [0.4, 0.5) is 5.69 Å². The van der Waals surface area contributed by atoms with E-state index >= 15 is 0 Å². The fourth-order valence-corrected chi connectivity index (χ4v) is 1.86. The van der Waals surface area contributed by atoms with Gasteiger partial charge in [-0.3, -0.25) is 14.9 Å². The molecule has 18 heavy (non-hydrogen) atoms. The van der Waals surface area contributed by atoms with Crippen LogP contribution in [0.2, 0.25) is 0 Å². The summed E-state index contributed by atoms with van der Waals surface area (Å²) in [6.07, 6.45) is 2.26. The van der Waals surface area contributed by atoms with E-state index in [4.69, 9.17) is 0 Å². The van der Waals surface area contributed by atoms with E-state index in [2.05, 4.69) is 4.98 Å². The molecular formula is C13H12N2O3. The second kappa shape index (κ2) is 4.91. The molecule has 1 aromatic heterocycles. The quantitative estimate of drug-likeness (QED) is 0.612. The van der Waals surface area contributed by atoms with Crippen molar-refractivity contribution < 1.29 is 9.72 Å². The predicted molar refractivity (Wildman–Crippen MR) is 67.4 cm³/mol. The highest BCUT2D eigenvalue weighted by atomic mass is 16.6. The molecule has 0 spiro atoms. The van der Waals surface area contributed by atoms with Gasteiger partial charge in [0.15, 0.2) is 0 Å². The van der Waals surface area contributed by atoms with Crippen molar-refractivity contribution in [3.8, 4) is 0 Å². The molecule has 92 valence electrons. The molecular weight excluding hydrogens is 232 g/mol. The van der Waals surface area contributed by atoms with E-state index in [1.54, 1.807) is 25.1 Å². The highest BCUT2D eigenvalue weighted by Crippen LogP contribution is 2.26. The third-order valence-corrected chi connectivity index (χ3v) is 2.82. The van der Waals surface area contributed by atoms with Crippen LogP contribution in [0.3, 0.4) is 0 Å². The van der Waals surface area contributed by atoms with Gasteiger partial charge < -0.3 is 0 Å². The lowest BCUT2D eigenvalue weighted by molar-refractivity contribution is -0.383. The standard InChI is InChI=1S/C13H12N2O3/c1-2-10(16)8-9-5-6-12(15(17)18)13-11(9)4-3-7-14-13/h3-7H,2,8H2,1H3. The van der Waals surface area contributed by atoms with Crippen molar-refractivity contribution >= 4 is 22.4 Å². The molecule has 0 atom stereocenters. The minimum absolute atomic E-state index is 0.0294. The Morgan fingerprint density at radius 1 is 1.39 bits per heavy atom. The van der Waals surface area contributed by atoms with Gasteiger partial charge in [-0.05, 0) is 11.6 Å². The molecule has 0 aliphatic carbocycles. The normalized spacial score (nSPS) is 10.5. The molecule has 0 unspecified atom stereocenters. The number of hydrogen-bond acceptors (Lipinski definition) is 4. The molecule has 1 heterocycles. The van der Waals surface area contributed by atoms with E-state index in [0.29, 0.717) is 17.3 Å². The maximum absolute atomic E-state index is 11.5. The van der Waals surface area contributed by atoms with Crippen LogP contribution in [0.15, 0.2) is 30.5 Å². The Morgan fingerprint density at radius 3 is 2.83 bits per heavy atom. The number of ketones is 1. The second-order valence-corrected chi connectivity index (χ2v) is 3.97. The summed E-state index contributed by atoms with van der Waals surface area (Å²) in [6, 6.07) is 6.52. The van der Waals surface area contributed by atoms with E-state index in [-0.39, 0.29) is 17.9 Å². The molecule has 0 saturated heterocycles. The largest absolute Gasteiger partial charge is 0.299 e. The number of nitrogens with zero attached hydrogens (tertiary/aromatic N) is 2. The summed E-state index contributed by atoms with van der Waals surface area (Å²) in [5.41, 5.74) is 1.10. The average Bonchev–Trinajstić information content (AvgIpc) is 2.38. The fourth-order valence-electron chi connectivity index (χ4n) is 1.86. The van der Waals surface area contributed by atoms with Crippen molar-refractivity contribution in [2.24, 2.45) is 0 Å². The third-order valence-electron chi connectivity index (χ3n) is 2.82. The van der Waals surface area contributed by atoms with Crippen LogP contribution < -0.4 is 0 Å². The lowest BCUT2D eigenvalue weighted by Gasteiger charge is -2.05. The smallest absolute Gasteiger partial charge is 0.295 e. The Labute approximate surface area is 104 Å². The lowest BCUT2D eigenvalue weighted by Crippen LogP contribution is -2.02. The molecule has 5 nitrogen and oxygen atoms in total. The van der Waals surface area contributed by atoms with Crippen molar-refractivity contribution in [2.75, 3.05) is 0 Å². The van der Waals surface area contributed by atoms with Crippen molar-refractivity contribution in [1.82, 2.24) is 4.98 Å². The topological polar surface area (TPSA) is 73.1 Å². The minimum Gasteiger partial charge on any atom is -0.299 e. The Hall–Kier alpha value is -2.30. The number of nitro benzene ring substituents is 1. The SMILES string of the molecule is CCC(=O)Cc1ccc([N+](=O)[O-])c2ncccc12. The van der Waals surface area contributed by atoms with Crippen molar-refractivity contribution in [3.05, 3.63) is 46.1 Å². The summed E-state index contributed by atoms with van der Waals surface area (Å²) in [7, 11) is 0. The van der Waals surface area contributed by atoms with Crippen molar-refractivity contribution in [3.63, 3.8) is 0 Å². The number of benzene rings is 1. The van der Waals surface area contributed by atoms with Crippen molar-refractivity contribution in [2.45, 2.75) is 19.8 Å². The first kappa shape index (κ1) is 12.2. The van der Waals surface area contributed by atoms with Crippen molar-refractivity contribution in [1.29, 1.82) is 0 Å². The highest BCUT2D eigenvalue weighted by Gasteiger charge is 2.16. The number of carbonyl (C=O) groups excluding carboxylic acids is 1. The highest BCUT2D eigenvalue weighted by molar-refractivity contribution is 5.93. The Morgan fingerprint density at radius 2 is 2.17 bits per heavy atom. The summed E-state index contributed by atoms with van der Waals surface area (Å²) in [5, 5.41) is 11.6. The summed E-state index contributed by atoms with van der Waals surface area (Å²) < 4.78 is 0. The van der Waals surface area contributed by atoms with Gasteiger partial charge in [-0.25, -0.2) is 4.98 Å². The van der Waals surface area contributed by atoms with Gasteiger partial charge in [0.2, 0.25) is 0 Å². The number of rotatable bonds is 4. The predicted octanol–water partition coefficient (Wildman–Crippen LogP) is 2.66. The van der Waals surface area contributed by atoms with Crippen LogP contribution >= 0.6 is 0 Å². The molecule has 1 aromatic carbocycles. The Balaban J connectivity index is 2.61. The van der Waals surface area contributed by atoms with Crippen LogP contribution in [0.1, 0.15) is 18.9 Å². The summed E-state index contributed by atoms with van der Waals surface area (Å²) in [4.78, 5) is 26.0. The molecule has 2 rings (SSSR count). The maximum atomic E-state index is 11.5. The van der Waals surface area contributed by atoms with Crippen LogP contribution in [0, 0.1) is 10.1 Å². The number of hydrogen-bond donors (Lipinski definition) is 0. The molecule has 0 fully saturated rings. The minimum atomic E-state index is -0.458. The van der Waals surface area contributed by atoms with Gasteiger partial charge in [-0.2, -0.15) is 0 Å². The first-order chi connectivity index (χ1) is 8.63. The number of fused-ring (bicyclic) bond motifs is 1. The molecule has 0 radical (unpaired) electrons. The molecule has 0 bridgehead atoms. The number of non-ortho nitro benzene ring substituents is 1. The molecule has 0 aliphatic heterocycles. The number of nitro groups is 1. The van der Waals surface area contributed by atoms with E-state index in [0.717, 1.165) is 5.56 Å². The zero-order chi connectivity index (χ0) is 13.1. The third kappa shape index (κ3) is 2.20. The van der Waals surface area contributed by atoms with Gasteiger partial charge in [-0.15, -0.1) is 0 Å². The zero-order valence-corrected chi connectivity index (χ0v) is 9.92. The molecule has 5 heteroatoms. The Kier molecular flexibility index (Phi) is 3.32. The molecule has 0 amide bonds. The molecule has 0 aliphatic rings. The van der Waals surface area contributed by atoms with Crippen LogP contribution in [0.5, 0.6) is 0 Å². The van der Waals surface area contributed by atoms with Gasteiger partial charge in [-0.1, -0.05) is 19.1 Å². The first-order valence-corrected chi connectivity index (χ1v) is 5.66. The maximum Gasteiger partial charge on any atom is 0.295 e. The van der Waals surface area contributed by atoms with E-state index in [1.165, 1.54) is 12.3 Å². The molecule has 2 aromatic rings. The lowest BCUT2D eigenvalue weighted by atomic mass is 10.0. The van der Waals surface area contributed by atoms with Gasteiger partial charge >= 0.3 is 0 Å². The monoisotopic (exact) mass is 244 g/mol. The van der Waals surface area contributed by atoms with Crippen LogP contribution in [-0.4, -0.2) is 15.7 Å². The molecule has 0 N–H and O–H groups in total. The van der Waals surface area contributed by atoms with E-state index in [9.17, 15) is 14.9 Å². The van der Waals surface area contributed by atoms with Gasteiger partial charge in [0.1, 0.15) is 11.3 Å². The number of pyridine rings is 1. The van der Waals surface area contributed by atoms with Crippen LogP contribution in [-0.2, 0) is 11.2 Å².